The third-order valence-electron chi connectivity index (χ3n) is 3.26. The molecule has 0 saturated heterocycles. The minimum Gasteiger partial charge on any atom is -0.452 e. The fourth-order valence-corrected chi connectivity index (χ4v) is 3.54. The van der Waals surface area contributed by atoms with E-state index in [0.717, 1.165) is 30.0 Å². The van der Waals surface area contributed by atoms with E-state index in [9.17, 15) is 27.6 Å². The van der Waals surface area contributed by atoms with Crippen molar-refractivity contribution in [1.82, 2.24) is 0 Å². The maximum absolute atomic E-state index is 13.4. The number of hydrogen-bond donors (Lipinski definition) is 0. The van der Waals surface area contributed by atoms with Crippen LogP contribution in [0.1, 0.15) is 0 Å². The van der Waals surface area contributed by atoms with E-state index in [2.05, 4.69) is 0 Å². The van der Waals surface area contributed by atoms with Crippen LogP contribution in [0.2, 0.25) is 5.02 Å². The van der Waals surface area contributed by atoms with E-state index in [0.29, 0.717) is 0 Å². The van der Waals surface area contributed by atoms with Crippen LogP contribution in [0.25, 0.3) is 0 Å². The number of benzene rings is 1. The summed E-state index contributed by atoms with van der Waals surface area (Å²) in [5, 5.41) is -0.0915. The first-order chi connectivity index (χ1) is 11.3. The summed E-state index contributed by atoms with van der Waals surface area (Å²) in [5.74, 6) is -5.45. The van der Waals surface area contributed by atoms with Crippen molar-refractivity contribution in [1.29, 1.82) is 0 Å². The molecule has 0 amide bonds. The molecule has 2 aliphatic rings. The summed E-state index contributed by atoms with van der Waals surface area (Å²) in [7, 11) is 0. The number of ketones is 3. The second kappa shape index (κ2) is 6.10. The number of hydrogen-bond acceptors (Lipinski definition) is 5. The molecule has 1 heterocycles. The van der Waals surface area contributed by atoms with E-state index >= 15 is 0 Å². The molecule has 0 saturated carbocycles. The van der Waals surface area contributed by atoms with Gasteiger partial charge in [0.2, 0.25) is 5.78 Å². The molecule has 0 aromatic heterocycles. The number of ether oxygens (including phenoxy) is 1. The number of alkyl halides is 2. The summed E-state index contributed by atoms with van der Waals surface area (Å²) in [6.07, 6.45) is -3.23. The topological polar surface area (TPSA) is 60.4 Å². The zero-order valence-electron chi connectivity index (χ0n) is 11.6. The molecule has 0 bridgehead atoms. The predicted octanol–water partition coefficient (Wildman–Crippen LogP) is 3.10. The Morgan fingerprint density at radius 2 is 1.83 bits per heavy atom. The van der Waals surface area contributed by atoms with Gasteiger partial charge in [0.05, 0.1) is 16.2 Å². The number of carbonyl (C=O) groups is 3. The van der Waals surface area contributed by atoms with Crippen molar-refractivity contribution in [2.75, 3.05) is 5.75 Å². The highest BCUT2D eigenvalue weighted by Crippen LogP contribution is 2.41. The van der Waals surface area contributed by atoms with Crippen molar-refractivity contribution in [3.63, 3.8) is 0 Å². The van der Waals surface area contributed by atoms with Gasteiger partial charge in [0.25, 0.3) is 12.2 Å². The lowest BCUT2D eigenvalue weighted by Gasteiger charge is -2.19. The van der Waals surface area contributed by atoms with E-state index in [1.165, 1.54) is 0 Å². The summed E-state index contributed by atoms with van der Waals surface area (Å²) in [6, 6.07) is 2.85. The Morgan fingerprint density at radius 3 is 2.46 bits per heavy atom. The Labute approximate surface area is 142 Å². The molecule has 0 fully saturated rings. The third kappa shape index (κ3) is 2.76. The van der Waals surface area contributed by atoms with Gasteiger partial charge in [0, 0.05) is 16.7 Å². The fraction of sp³-hybridized carbons (Fsp3) is 0.133. The van der Waals surface area contributed by atoms with Gasteiger partial charge in [-0.1, -0.05) is 11.6 Å². The number of allylic oxidation sites excluding steroid dienone is 4. The standard InChI is InChI=1S/C15H6ClF3O4S/c16-5-1-6(17)3-7(2-5)23-13-10(15(18)19)9-8(20)4-24-14(9)12(22)11(13)21/h1-3,15H,4H2. The average molecular weight is 375 g/mol. The van der Waals surface area contributed by atoms with Gasteiger partial charge in [-0.25, -0.2) is 13.2 Å². The van der Waals surface area contributed by atoms with E-state index in [-0.39, 0.29) is 21.4 Å². The van der Waals surface area contributed by atoms with Crippen molar-refractivity contribution < 1.29 is 32.3 Å². The van der Waals surface area contributed by atoms with Crippen LogP contribution in [-0.2, 0) is 14.4 Å². The minimum atomic E-state index is -3.23. The molecule has 4 nitrogen and oxygen atoms in total. The molecule has 1 aromatic carbocycles. The van der Waals surface area contributed by atoms with E-state index in [4.69, 9.17) is 16.3 Å². The summed E-state index contributed by atoms with van der Waals surface area (Å²) in [6.45, 7) is 0. The maximum Gasteiger partial charge on any atom is 0.269 e. The van der Waals surface area contributed by atoms with Gasteiger partial charge >= 0.3 is 0 Å². The third-order valence-corrected chi connectivity index (χ3v) is 4.56. The molecule has 1 aliphatic heterocycles. The summed E-state index contributed by atoms with van der Waals surface area (Å²) in [5.41, 5.74) is -1.46. The monoisotopic (exact) mass is 374 g/mol. The van der Waals surface area contributed by atoms with Crippen LogP contribution < -0.4 is 4.74 Å². The van der Waals surface area contributed by atoms with Crippen molar-refractivity contribution in [2.24, 2.45) is 0 Å². The van der Waals surface area contributed by atoms with Crippen LogP contribution in [0.4, 0.5) is 13.2 Å². The number of Topliss-reactive ketones (excluding diaryl/α,β-unsaturated/α-hetero) is 3. The first-order valence-corrected chi connectivity index (χ1v) is 7.82. The highest BCUT2D eigenvalue weighted by Gasteiger charge is 2.45. The molecule has 1 aliphatic carbocycles. The average Bonchev–Trinajstić information content (AvgIpc) is 2.85. The molecule has 0 atom stereocenters. The lowest BCUT2D eigenvalue weighted by molar-refractivity contribution is -0.133. The normalized spacial score (nSPS) is 18.0. The van der Waals surface area contributed by atoms with Crippen LogP contribution in [0.3, 0.4) is 0 Å². The first-order valence-electron chi connectivity index (χ1n) is 6.45. The van der Waals surface area contributed by atoms with Gasteiger partial charge in [-0.2, -0.15) is 0 Å². The highest BCUT2D eigenvalue weighted by molar-refractivity contribution is 8.05. The molecular formula is C15H6ClF3O4S. The van der Waals surface area contributed by atoms with Crippen LogP contribution in [0.5, 0.6) is 5.75 Å². The Morgan fingerprint density at radius 1 is 1.12 bits per heavy atom. The van der Waals surface area contributed by atoms with Gasteiger partial charge in [-0.3, -0.25) is 14.4 Å². The SMILES string of the molecule is O=C1CSC2=C1C(C(F)F)=C(Oc1cc(F)cc(Cl)c1)C(=O)C2=O. The molecule has 0 N–H and O–H groups in total. The van der Waals surface area contributed by atoms with Gasteiger partial charge in [0.1, 0.15) is 11.6 Å². The van der Waals surface area contributed by atoms with Gasteiger partial charge in [-0.05, 0) is 12.1 Å². The second-order valence-electron chi connectivity index (χ2n) is 4.82. The van der Waals surface area contributed by atoms with Crippen LogP contribution in [-0.4, -0.2) is 29.5 Å². The summed E-state index contributed by atoms with van der Waals surface area (Å²) in [4.78, 5) is 35.7. The van der Waals surface area contributed by atoms with Crippen LogP contribution in [0, 0.1) is 5.82 Å². The van der Waals surface area contributed by atoms with Crippen molar-refractivity contribution >= 4 is 40.7 Å². The Balaban J connectivity index is 2.16. The maximum atomic E-state index is 13.4. The van der Waals surface area contributed by atoms with Crippen molar-refractivity contribution in [3.8, 4) is 5.75 Å². The molecule has 24 heavy (non-hydrogen) atoms. The van der Waals surface area contributed by atoms with E-state index in [1.807, 2.05) is 0 Å². The van der Waals surface area contributed by atoms with Gasteiger partial charge < -0.3 is 4.74 Å². The van der Waals surface area contributed by atoms with E-state index in [1.54, 1.807) is 0 Å². The predicted molar refractivity (Wildman–Crippen MR) is 79.6 cm³/mol. The number of carbonyl (C=O) groups excluding carboxylic acids is 3. The molecule has 9 heteroatoms. The molecule has 0 unspecified atom stereocenters. The fourth-order valence-electron chi connectivity index (χ4n) is 2.32. The summed E-state index contributed by atoms with van der Waals surface area (Å²) >= 11 is 6.38. The molecule has 124 valence electrons. The second-order valence-corrected chi connectivity index (χ2v) is 6.25. The smallest absolute Gasteiger partial charge is 0.269 e. The number of rotatable bonds is 3. The van der Waals surface area contributed by atoms with Crippen molar-refractivity contribution in [2.45, 2.75) is 6.43 Å². The first kappa shape index (κ1) is 16.8. The van der Waals surface area contributed by atoms with Gasteiger partial charge in [0.15, 0.2) is 11.5 Å². The number of halogens is 4. The molecule has 3 rings (SSSR count). The van der Waals surface area contributed by atoms with E-state index < -0.39 is 46.5 Å². The lowest BCUT2D eigenvalue weighted by Crippen LogP contribution is -2.30. The highest BCUT2D eigenvalue weighted by atomic mass is 35.5. The molecule has 1 aromatic rings. The minimum absolute atomic E-state index is 0.0915. The van der Waals surface area contributed by atoms with Crippen LogP contribution >= 0.6 is 23.4 Å². The zero-order chi connectivity index (χ0) is 17.6. The molecule has 0 radical (unpaired) electrons. The number of thioether (sulfide) groups is 1. The molecule has 0 spiro atoms. The Kier molecular flexibility index (Phi) is 4.27. The van der Waals surface area contributed by atoms with Crippen LogP contribution in [0.15, 0.2) is 40.0 Å². The molecular weight excluding hydrogens is 369 g/mol. The van der Waals surface area contributed by atoms with Crippen molar-refractivity contribution in [3.05, 3.63) is 50.8 Å². The van der Waals surface area contributed by atoms with Gasteiger partial charge in [-0.15, -0.1) is 11.8 Å². The zero-order valence-corrected chi connectivity index (χ0v) is 13.1. The summed E-state index contributed by atoms with van der Waals surface area (Å²) < 4.78 is 45.3. The quantitative estimate of drug-likeness (QED) is 0.601. The Hall–Kier alpha value is -2.06. The lowest BCUT2D eigenvalue weighted by atomic mass is 9.92. The largest absolute Gasteiger partial charge is 0.452 e. The Bertz CT molecular complexity index is 840.